The van der Waals surface area contributed by atoms with Crippen LogP contribution in [0, 0.1) is 0 Å². The Hall–Kier alpha value is -0.870. The van der Waals surface area contributed by atoms with Gasteiger partial charge in [0.25, 0.3) is 0 Å². The first-order valence-corrected chi connectivity index (χ1v) is 5.17. The average molecular weight is 196 g/mol. The van der Waals surface area contributed by atoms with Crippen molar-refractivity contribution in [1.82, 2.24) is 9.55 Å². The van der Waals surface area contributed by atoms with E-state index in [9.17, 15) is 5.11 Å². The molecule has 0 saturated carbocycles. The summed E-state index contributed by atoms with van der Waals surface area (Å²) < 4.78 is 1.86. The average Bonchev–Trinajstić information content (AvgIpc) is 2.59. The molecule has 0 fully saturated rings. The van der Waals surface area contributed by atoms with E-state index in [0.29, 0.717) is 0 Å². The second kappa shape index (κ2) is 4.11. The van der Waals surface area contributed by atoms with Gasteiger partial charge in [0.05, 0.1) is 5.69 Å². The lowest BCUT2D eigenvalue weighted by Gasteiger charge is -2.19. The number of aryl methyl sites for hydroxylation is 2. The van der Waals surface area contributed by atoms with Crippen molar-refractivity contribution in [1.29, 1.82) is 0 Å². The third-order valence-corrected chi connectivity index (χ3v) is 2.63. The van der Waals surface area contributed by atoms with Crippen LogP contribution in [0.3, 0.4) is 0 Å². The molecule has 1 unspecified atom stereocenters. The highest BCUT2D eigenvalue weighted by atomic mass is 16.3. The molecule has 4 heteroatoms. The number of hydrogen-bond donors (Lipinski definition) is 2. The smallest absolute Gasteiger partial charge is 0.131 e. The molecular weight excluding hydrogens is 180 g/mol. The largest absolute Gasteiger partial charge is 0.396 e. The first-order chi connectivity index (χ1) is 6.81. The Bertz CT molecular complexity index is 309. The summed E-state index contributed by atoms with van der Waals surface area (Å²) in [5.74, 6) is 0.983. The van der Waals surface area contributed by atoms with Crippen LogP contribution in [0.2, 0.25) is 0 Å². The molecule has 0 spiro atoms. The standard InChI is InChI=1S/C10H16N2O2/c13-6-2-3-8-7-12-9(11-8)4-1-5-10(12)14/h7,10,13-14H,1-6H2. The number of fused-ring (bicyclic) bond motifs is 1. The van der Waals surface area contributed by atoms with Crippen molar-refractivity contribution in [2.45, 2.75) is 38.3 Å². The van der Waals surface area contributed by atoms with E-state index in [4.69, 9.17) is 5.11 Å². The minimum atomic E-state index is -0.394. The van der Waals surface area contributed by atoms with Gasteiger partial charge in [-0.3, -0.25) is 0 Å². The van der Waals surface area contributed by atoms with E-state index < -0.39 is 6.23 Å². The van der Waals surface area contributed by atoms with Gasteiger partial charge in [-0.25, -0.2) is 4.98 Å². The number of hydrogen-bond acceptors (Lipinski definition) is 3. The number of rotatable bonds is 3. The monoisotopic (exact) mass is 196 g/mol. The lowest BCUT2D eigenvalue weighted by Crippen LogP contribution is -2.16. The first kappa shape index (κ1) is 9.68. The zero-order valence-electron chi connectivity index (χ0n) is 8.19. The highest BCUT2D eigenvalue weighted by Gasteiger charge is 2.18. The summed E-state index contributed by atoms with van der Waals surface area (Å²) in [6, 6.07) is 0. The molecule has 78 valence electrons. The van der Waals surface area contributed by atoms with Gasteiger partial charge in [-0.2, -0.15) is 0 Å². The second-order valence-electron chi connectivity index (χ2n) is 3.76. The lowest BCUT2D eigenvalue weighted by molar-refractivity contribution is 0.0780. The molecule has 0 aromatic carbocycles. The maximum Gasteiger partial charge on any atom is 0.131 e. The summed E-state index contributed by atoms with van der Waals surface area (Å²) in [6.07, 6.45) is 5.84. The number of imidazole rings is 1. The molecule has 14 heavy (non-hydrogen) atoms. The van der Waals surface area contributed by atoms with E-state index in [-0.39, 0.29) is 6.61 Å². The topological polar surface area (TPSA) is 58.3 Å². The molecule has 2 rings (SSSR count). The van der Waals surface area contributed by atoms with Crippen LogP contribution in [0.1, 0.15) is 37.0 Å². The van der Waals surface area contributed by atoms with Crippen molar-refractivity contribution < 1.29 is 10.2 Å². The van der Waals surface area contributed by atoms with Gasteiger partial charge < -0.3 is 14.8 Å². The summed E-state index contributed by atoms with van der Waals surface area (Å²) in [5, 5.41) is 18.4. The van der Waals surface area contributed by atoms with Crippen molar-refractivity contribution in [2.24, 2.45) is 0 Å². The predicted molar refractivity (Wildman–Crippen MR) is 51.8 cm³/mol. The molecule has 0 amide bonds. The molecule has 4 nitrogen and oxygen atoms in total. The van der Waals surface area contributed by atoms with Crippen LogP contribution in [0.25, 0.3) is 0 Å². The van der Waals surface area contributed by atoms with E-state index >= 15 is 0 Å². The molecule has 1 aromatic rings. The second-order valence-corrected chi connectivity index (χ2v) is 3.76. The van der Waals surface area contributed by atoms with Crippen LogP contribution in [0.4, 0.5) is 0 Å². The maximum absolute atomic E-state index is 9.67. The fourth-order valence-corrected chi connectivity index (χ4v) is 1.89. The first-order valence-electron chi connectivity index (χ1n) is 5.17. The molecule has 2 N–H and O–H groups in total. The third kappa shape index (κ3) is 1.81. The summed E-state index contributed by atoms with van der Waals surface area (Å²) >= 11 is 0. The van der Waals surface area contributed by atoms with E-state index in [1.807, 2.05) is 10.8 Å². The number of nitrogens with zero attached hydrogens (tertiary/aromatic N) is 2. The van der Waals surface area contributed by atoms with Gasteiger partial charge in [0.1, 0.15) is 12.1 Å². The normalized spacial score (nSPS) is 20.9. The van der Waals surface area contributed by atoms with Crippen LogP contribution >= 0.6 is 0 Å². The van der Waals surface area contributed by atoms with E-state index in [1.165, 1.54) is 0 Å². The summed E-state index contributed by atoms with van der Waals surface area (Å²) in [7, 11) is 0. The Morgan fingerprint density at radius 3 is 3.14 bits per heavy atom. The Morgan fingerprint density at radius 2 is 2.43 bits per heavy atom. The Kier molecular flexibility index (Phi) is 2.84. The van der Waals surface area contributed by atoms with Crippen LogP contribution in [0.15, 0.2) is 6.20 Å². The Balaban J connectivity index is 2.13. The van der Waals surface area contributed by atoms with Gasteiger partial charge in [0.2, 0.25) is 0 Å². The molecule has 0 bridgehead atoms. The predicted octanol–water partition coefficient (Wildman–Crippen LogP) is 0.635. The highest BCUT2D eigenvalue weighted by Crippen LogP contribution is 2.22. The van der Waals surface area contributed by atoms with Gasteiger partial charge in [0.15, 0.2) is 0 Å². The summed E-state index contributed by atoms with van der Waals surface area (Å²) in [5.41, 5.74) is 0.981. The maximum atomic E-state index is 9.67. The van der Waals surface area contributed by atoms with Crippen LogP contribution in [0.5, 0.6) is 0 Å². The van der Waals surface area contributed by atoms with Gasteiger partial charge in [-0.15, -0.1) is 0 Å². The Morgan fingerprint density at radius 1 is 1.57 bits per heavy atom. The van der Waals surface area contributed by atoms with Crippen molar-refractivity contribution in [3.05, 3.63) is 17.7 Å². The van der Waals surface area contributed by atoms with Crippen LogP contribution < -0.4 is 0 Å². The number of aliphatic hydroxyl groups is 2. The SMILES string of the molecule is OCCCc1cn2c(n1)CCCC2O. The van der Waals surface area contributed by atoms with Gasteiger partial charge in [-0.1, -0.05) is 0 Å². The van der Waals surface area contributed by atoms with E-state index in [2.05, 4.69) is 4.98 Å². The van der Waals surface area contributed by atoms with E-state index in [0.717, 1.165) is 43.6 Å². The summed E-state index contributed by atoms with van der Waals surface area (Å²) in [6.45, 7) is 0.199. The Labute approximate surface area is 83.2 Å². The van der Waals surface area contributed by atoms with E-state index in [1.54, 1.807) is 0 Å². The zero-order valence-corrected chi connectivity index (χ0v) is 8.19. The zero-order chi connectivity index (χ0) is 9.97. The van der Waals surface area contributed by atoms with Gasteiger partial charge >= 0.3 is 0 Å². The van der Waals surface area contributed by atoms with Crippen LogP contribution in [-0.4, -0.2) is 26.4 Å². The summed E-state index contributed by atoms with van der Waals surface area (Å²) in [4.78, 5) is 4.43. The molecule has 2 heterocycles. The molecule has 0 saturated heterocycles. The van der Waals surface area contributed by atoms with Gasteiger partial charge in [-0.05, 0) is 25.7 Å². The fourth-order valence-electron chi connectivity index (χ4n) is 1.89. The van der Waals surface area contributed by atoms with Crippen molar-refractivity contribution in [2.75, 3.05) is 6.61 Å². The molecule has 1 atom stereocenters. The number of aliphatic hydroxyl groups excluding tert-OH is 2. The fraction of sp³-hybridized carbons (Fsp3) is 0.700. The molecular formula is C10H16N2O2. The minimum absolute atomic E-state index is 0.199. The highest BCUT2D eigenvalue weighted by molar-refractivity contribution is 5.07. The third-order valence-electron chi connectivity index (χ3n) is 2.63. The lowest BCUT2D eigenvalue weighted by atomic mass is 10.1. The van der Waals surface area contributed by atoms with Crippen molar-refractivity contribution in [3.8, 4) is 0 Å². The minimum Gasteiger partial charge on any atom is -0.396 e. The number of aromatic nitrogens is 2. The van der Waals surface area contributed by atoms with Crippen molar-refractivity contribution >= 4 is 0 Å². The quantitative estimate of drug-likeness (QED) is 0.745. The van der Waals surface area contributed by atoms with Gasteiger partial charge in [0, 0.05) is 19.2 Å². The van der Waals surface area contributed by atoms with Crippen LogP contribution in [-0.2, 0) is 12.8 Å². The molecule has 0 radical (unpaired) electrons. The molecule has 1 aliphatic rings. The molecule has 1 aliphatic heterocycles. The molecule has 1 aromatic heterocycles. The molecule has 0 aliphatic carbocycles. The van der Waals surface area contributed by atoms with Crippen molar-refractivity contribution in [3.63, 3.8) is 0 Å².